The zero-order chi connectivity index (χ0) is 20.4. The molecule has 9 heteroatoms. The molecule has 1 heterocycles. The van der Waals surface area contributed by atoms with Gasteiger partial charge in [-0.2, -0.15) is 13.2 Å². The summed E-state index contributed by atoms with van der Waals surface area (Å²) in [5.41, 5.74) is -0.887. The Morgan fingerprint density at radius 1 is 0.893 bits per heavy atom. The number of benzene rings is 2. The first-order valence-corrected chi connectivity index (χ1v) is 8.29. The lowest BCUT2D eigenvalue weighted by Crippen LogP contribution is -2.34. The molecule has 0 saturated carbocycles. The summed E-state index contributed by atoms with van der Waals surface area (Å²) in [6.45, 7) is -1.61. The van der Waals surface area contributed by atoms with Gasteiger partial charge in [-0.05, 0) is 35.7 Å². The summed E-state index contributed by atoms with van der Waals surface area (Å²) in [6.07, 6.45) is -4.08. The number of hydrogen-bond donors (Lipinski definition) is 3. The van der Waals surface area contributed by atoms with Crippen LogP contribution in [-0.4, -0.2) is 38.7 Å². The Bertz CT molecular complexity index is 935. The first-order chi connectivity index (χ1) is 13.3. The Labute approximate surface area is 157 Å². The maximum absolute atomic E-state index is 12.7. The number of hydrogen-bond acceptors (Lipinski definition) is 6. The van der Waals surface area contributed by atoms with Crippen LogP contribution in [0.25, 0.3) is 11.5 Å². The van der Waals surface area contributed by atoms with E-state index in [0.717, 1.165) is 12.1 Å². The number of aliphatic hydroxyl groups is 3. The molecule has 0 fully saturated rings. The van der Waals surface area contributed by atoms with Crippen LogP contribution in [0.4, 0.5) is 13.2 Å². The number of rotatable bonds is 6. The van der Waals surface area contributed by atoms with E-state index in [1.54, 1.807) is 24.3 Å². The average Bonchev–Trinajstić information content (AvgIpc) is 3.18. The maximum atomic E-state index is 12.7. The van der Waals surface area contributed by atoms with E-state index < -0.39 is 30.6 Å². The molecule has 0 radical (unpaired) electrons. The number of halogens is 3. The van der Waals surface area contributed by atoms with Gasteiger partial charge in [0, 0.05) is 5.56 Å². The second kappa shape index (κ2) is 7.70. The molecule has 0 atom stereocenters. The molecule has 3 aromatic rings. The van der Waals surface area contributed by atoms with E-state index in [1.807, 2.05) is 0 Å². The summed E-state index contributed by atoms with van der Waals surface area (Å²) < 4.78 is 43.5. The zero-order valence-corrected chi connectivity index (χ0v) is 14.5. The average molecular weight is 394 g/mol. The number of aromatic nitrogens is 2. The third kappa shape index (κ3) is 4.06. The van der Waals surface area contributed by atoms with Gasteiger partial charge in [-0.15, -0.1) is 10.2 Å². The van der Waals surface area contributed by atoms with Crippen molar-refractivity contribution in [3.8, 4) is 11.5 Å². The molecule has 6 nitrogen and oxygen atoms in total. The number of nitrogens with zero attached hydrogens (tertiary/aromatic N) is 2. The Morgan fingerprint density at radius 3 is 2.14 bits per heavy atom. The lowest BCUT2D eigenvalue weighted by molar-refractivity contribution is -0.137. The first kappa shape index (κ1) is 20.0. The Kier molecular flexibility index (Phi) is 5.50. The monoisotopic (exact) mass is 394 g/mol. The predicted octanol–water partition coefficient (Wildman–Crippen LogP) is 2.52. The summed E-state index contributed by atoms with van der Waals surface area (Å²) in [5, 5.41) is 36.1. The second-order valence-corrected chi connectivity index (χ2v) is 6.29. The van der Waals surface area contributed by atoms with Gasteiger partial charge in [0.05, 0.1) is 18.8 Å². The van der Waals surface area contributed by atoms with Crippen LogP contribution >= 0.6 is 0 Å². The van der Waals surface area contributed by atoms with E-state index >= 15 is 0 Å². The van der Waals surface area contributed by atoms with E-state index in [9.17, 15) is 28.5 Å². The van der Waals surface area contributed by atoms with Crippen molar-refractivity contribution in [2.45, 2.75) is 18.2 Å². The van der Waals surface area contributed by atoms with E-state index in [0.29, 0.717) is 23.1 Å². The highest BCUT2D eigenvalue weighted by molar-refractivity contribution is 5.59. The van der Waals surface area contributed by atoms with E-state index in [-0.39, 0.29) is 11.8 Å². The van der Waals surface area contributed by atoms with Crippen LogP contribution in [0, 0.1) is 0 Å². The van der Waals surface area contributed by atoms with Crippen LogP contribution in [0.2, 0.25) is 0 Å². The minimum atomic E-state index is -4.40. The molecular formula is C19H17F3N2O4. The van der Waals surface area contributed by atoms with Crippen molar-refractivity contribution >= 4 is 0 Å². The molecule has 3 rings (SSSR count). The third-order valence-corrected chi connectivity index (χ3v) is 4.27. The minimum Gasteiger partial charge on any atom is -0.417 e. The van der Waals surface area contributed by atoms with Crippen LogP contribution < -0.4 is 0 Å². The van der Waals surface area contributed by atoms with Crippen molar-refractivity contribution in [1.82, 2.24) is 10.2 Å². The first-order valence-electron chi connectivity index (χ1n) is 8.29. The van der Waals surface area contributed by atoms with E-state index in [2.05, 4.69) is 10.2 Å². The Balaban J connectivity index is 1.89. The van der Waals surface area contributed by atoms with Gasteiger partial charge in [-0.3, -0.25) is 0 Å². The van der Waals surface area contributed by atoms with Gasteiger partial charge in [-0.25, -0.2) is 0 Å². The molecule has 2 aromatic carbocycles. The van der Waals surface area contributed by atoms with Crippen molar-refractivity contribution in [1.29, 1.82) is 0 Å². The van der Waals surface area contributed by atoms with Crippen LogP contribution in [-0.2, 0) is 18.2 Å². The van der Waals surface area contributed by atoms with Crippen molar-refractivity contribution in [2.24, 2.45) is 0 Å². The van der Waals surface area contributed by atoms with Gasteiger partial charge in [0.25, 0.3) is 5.89 Å². The van der Waals surface area contributed by atoms with Gasteiger partial charge < -0.3 is 19.7 Å². The summed E-state index contributed by atoms with van der Waals surface area (Å²) in [5.74, 6) is -0.283. The van der Waals surface area contributed by atoms with E-state index in [4.69, 9.17) is 4.42 Å². The lowest BCUT2D eigenvalue weighted by Gasteiger charge is -2.17. The Hall–Kier alpha value is -2.75. The van der Waals surface area contributed by atoms with Gasteiger partial charge in [0.1, 0.15) is 0 Å². The summed E-state index contributed by atoms with van der Waals surface area (Å²) in [7, 11) is 0. The molecule has 0 spiro atoms. The second-order valence-electron chi connectivity index (χ2n) is 6.29. The predicted molar refractivity (Wildman–Crippen MR) is 92.1 cm³/mol. The Morgan fingerprint density at radius 2 is 1.54 bits per heavy atom. The molecule has 0 aliphatic heterocycles. The molecule has 0 unspecified atom stereocenters. The van der Waals surface area contributed by atoms with E-state index in [1.165, 1.54) is 12.1 Å². The fraction of sp³-hybridized carbons (Fsp3) is 0.263. The minimum absolute atomic E-state index is 0.0536. The third-order valence-electron chi connectivity index (χ3n) is 4.27. The summed E-state index contributed by atoms with van der Waals surface area (Å²) in [4.78, 5) is 0. The van der Waals surface area contributed by atoms with Crippen molar-refractivity contribution < 1.29 is 32.9 Å². The van der Waals surface area contributed by atoms with Gasteiger partial charge in [0.15, 0.2) is 5.60 Å². The quantitative estimate of drug-likeness (QED) is 0.594. The molecule has 0 saturated heterocycles. The number of alkyl halides is 3. The SMILES string of the molecule is OCC(O)(CO)c1nnc(-c2ccccc2Cc2ccc(C(F)(F)F)cc2)o1. The normalized spacial score (nSPS) is 12.4. The highest BCUT2D eigenvalue weighted by Crippen LogP contribution is 2.31. The molecule has 28 heavy (non-hydrogen) atoms. The van der Waals surface area contributed by atoms with Crippen LogP contribution in [0.5, 0.6) is 0 Å². The molecule has 3 N–H and O–H groups in total. The summed E-state index contributed by atoms with van der Waals surface area (Å²) in [6, 6.07) is 11.8. The molecule has 0 aliphatic carbocycles. The summed E-state index contributed by atoms with van der Waals surface area (Å²) >= 11 is 0. The highest BCUT2D eigenvalue weighted by atomic mass is 19.4. The highest BCUT2D eigenvalue weighted by Gasteiger charge is 2.34. The topological polar surface area (TPSA) is 99.6 Å². The molecule has 1 aromatic heterocycles. The largest absolute Gasteiger partial charge is 0.417 e. The molecular weight excluding hydrogens is 377 g/mol. The fourth-order valence-electron chi connectivity index (χ4n) is 2.62. The molecule has 0 bridgehead atoms. The van der Waals surface area contributed by atoms with Crippen molar-refractivity contribution in [3.63, 3.8) is 0 Å². The lowest BCUT2D eigenvalue weighted by atomic mass is 9.99. The molecule has 0 aliphatic rings. The van der Waals surface area contributed by atoms with Gasteiger partial charge in [0.2, 0.25) is 5.89 Å². The maximum Gasteiger partial charge on any atom is 0.416 e. The van der Waals surface area contributed by atoms with Crippen LogP contribution in [0.15, 0.2) is 52.9 Å². The van der Waals surface area contributed by atoms with Crippen molar-refractivity contribution in [3.05, 3.63) is 71.1 Å². The van der Waals surface area contributed by atoms with Crippen LogP contribution in [0.3, 0.4) is 0 Å². The van der Waals surface area contributed by atoms with Gasteiger partial charge >= 0.3 is 6.18 Å². The molecule has 148 valence electrons. The number of aliphatic hydroxyl groups excluding tert-OH is 2. The van der Waals surface area contributed by atoms with Crippen molar-refractivity contribution in [2.75, 3.05) is 13.2 Å². The molecule has 0 amide bonds. The zero-order valence-electron chi connectivity index (χ0n) is 14.5. The van der Waals surface area contributed by atoms with Gasteiger partial charge in [-0.1, -0.05) is 30.3 Å². The standard InChI is InChI=1S/C19H17F3N2O4/c20-19(21,22)14-7-5-12(6-8-14)9-13-3-1-2-4-15(13)16-23-24-17(28-16)18(27,10-25)11-26/h1-8,25-27H,9-11H2. The smallest absolute Gasteiger partial charge is 0.416 e. The van der Waals surface area contributed by atoms with Crippen LogP contribution in [0.1, 0.15) is 22.6 Å². The fourth-order valence-corrected chi connectivity index (χ4v) is 2.62.